The van der Waals surface area contributed by atoms with Gasteiger partial charge in [0.1, 0.15) is 5.76 Å². The van der Waals surface area contributed by atoms with Crippen LogP contribution in [0.1, 0.15) is 19.8 Å². The highest BCUT2D eigenvalue weighted by molar-refractivity contribution is 6.37. The summed E-state index contributed by atoms with van der Waals surface area (Å²) in [4.78, 5) is 9.72. The average molecular weight is 385 g/mol. The zero-order valence-electron chi connectivity index (χ0n) is 14.4. The summed E-state index contributed by atoms with van der Waals surface area (Å²) in [5.74, 6) is 0.776. The minimum absolute atomic E-state index is 0.232. The molecule has 1 aliphatic carbocycles. The van der Waals surface area contributed by atoms with Crippen LogP contribution < -0.4 is 0 Å². The third-order valence-electron chi connectivity index (χ3n) is 4.50. The molecule has 2 aromatic carbocycles. The summed E-state index contributed by atoms with van der Waals surface area (Å²) in [5.41, 5.74) is 3.60. The van der Waals surface area contributed by atoms with Crippen LogP contribution in [0, 0.1) is 0 Å². The zero-order chi connectivity index (χ0) is 18.1. The van der Waals surface area contributed by atoms with Gasteiger partial charge in [-0.1, -0.05) is 48.0 Å². The summed E-state index contributed by atoms with van der Waals surface area (Å²) in [6, 6.07) is 16.1. The predicted molar refractivity (Wildman–Crippen MR) is 110 cm³/mol. The van der Waals surface area contributed by atoms with Gasteiger partial charge in [0.2, 0.25) is 0 Å². The molecule has 3 nitrogen and oxygen atoms in total. The molecular weight excluding hydrogens is 367 g/mol. The molecule has 1 unspecified atom stereocenters. The number of hydrogen-bond donors (Lipinski definition) is 0. The quantitative estimate of drug-likeness (QED) is 0.389. The Bertz CT molecular complexity index is 989. The van der Waals surface area contributed by atoms with Crippen LogP contribution in [0.5, 0.6) is 0 Å². The third-order valence-corrected chi connectivity index (χ3v) is 5.25. The lowest BCUT2D eigenvalue weighted by Gasteiger charge is -2.22. The first-order chi connectivity index (χ1) is 12.7. The SMILES string of the molecule is CCOC1=C(Cl)CC(=Nc2c3ccccc3nc3ccccc23)C(Cl)C1. The molecule has 0 aliphatic heterocycles. The summed E-state index contributed by atoms with van der Waals surface area (Å²) < 4.78 is 5.60. The molecule has 0 radical (unpaired) electrons. The molecule has 132 valence electrons. The van der Waals surface area contributed by atoms with Crippen molar-refractivity contribution < 1.29 is 4.74 Å². The molecule has 26 heavy (non-hydrogen) atoms. The van der Waals surface area contributed by atoms with Crippen LogP contribution in [0.4, 0.5) is 5.69 Å². The van der Waals surface area contributed by atoms with Gasteiger partial charge in [-0.3, -0.25) is 4.99 Å². The molecule has 0 N–H and O–H groups in total. The number of aliphatic imine (C=N–C) groups is 1. The van der Waals surface area contributed by atoms with Crippen LogP contribution in [-0.4, -0.2) is 22.7 Å². The fraction of sp³-hybridized carbons (Fsp3) is 0.238. The van der Waals surface area contributed by atoms with Gasteiger partial charge >= 0.3 is 0 Å². The second-order valence-electron chi connectivity index (χ2n) is 6.21. The van der Waals surface area contributed by atoms with E-state index >= 15 is 0 Å². The maximum absolute atomic E-state index is 6.61. The van der Waals surface area contributed by atoms with Gasteiger partial charge in [-0.05, 0) is 19.1 Å². The molecule has 0 saturated heterocycles. The van der Waals surface area contributed by atoms with Crippen LogP contribution >= 0.6 is 23.2 Å². The first-order valence-electron chi connectivity index (χ1n) is 8.66. The molecule has 0 bridgehead atoms. The van der Waals surface area contributed by atoms with Gasteiger partial charge in [0.15, 0.2) is 0 Å². The van der Waals surface area contributed by atoms with E-state index in [2.05, 4.69) is 0 Å². The summed E-state index contributed by atoms with van der Waals surface area (Å²) in [6.45, 7) is 2.53. The normalized spacial score (nSPS) is 19.5. The highest BCUT2D eigenvalue weighted by Gasteiger charge is 2.26. The van der Waals surface area contributed by atoms with Crippen molar-refractivity contribution >= 4 is 56.4 Å². The van der Waals surface area contributed by atoms with E-state index in [1.807, 2.05) is 55.5 Å². The van der Waals surface area contributed by atoms with Crippen molar-refractivity contribution in [2.75, 3.05) is 6.61 Å². The Morgan fingerprint density at radius 2 is 1.69 bits per heavy atom. The largest absolute Gasteiger partial charge is 0.497 e. The number of nitrogens with zero attached hydrogens (tertiary/aromatic N) is 2. The molecule has 3 aromatic rings. The van der Waals surface area contributed by atoms with E-state index in [-0.39, 0.29) is 5.38 Å². The van der Waals surface area contributed by atoms with E-state index in [4.69, 9.17) is 37.9 Å². The van der Waals surface area contributed by atoms with Crippen molar-refractivity contribution in [1.29, 1.82) is 0 Å². The Labute approximate surface area is 162 Å². The molecule has 1 aliphatic rings. The van der Waals surface area contributed by atoms with Crippen LogP contribution in [0.15, 0.2) is 64.3 Å². The molecule has 1 heterocycles. The van der Waals surface area contributed by atoms with Gasteiger partial charge in [-0.15, -0.1) is 11.6 Å². The van der Waals surface area contributed by atoms with E-state index in [0.717, 1.165) is 39.0 Å². The van der Waals surface area contributed by atoms with E-state index in [1.165, 1.54) is 0 Å². The Hall–Kier alpha value is -2.10. The number of halogens is 2. The smallest absolute Gasteiger partial charge is 0.113 e. The first-order valence-corrected chi connectivity index (χ1v) is 9.48. The topological polar surface area (TPSA) is 34.5 Å². The first kappa shape index (κ1) is 17.3. The second-order valence-corrected chi connectivity index (χ2v) is 7.19. The van der Waals surface area contributed by atoms with Gasteiger partial charge in [-0.25, -0.2) is 4.98 Å². The van der Waals surface area contributed by atoms with Crippen molar-refractivity contribution in [2.24, 2.45) is 4.99 Å². The van der Waals surface area contributed by atoms with Crippen molar-refractivity contribution in [3.63, 3.8) is 0 Å². The van der Waals surface area contributed by atoms with Gasteiger partial charge in [0.05, 0.1) is 33.7 Å². The van der Waals surface area contributed by atoms with Gasteiger partial charge in [-0.2, -0.15) is 0 Å². The van der Waals surface area contributed by atoms with Crippen LogP contribution in [0.3, 0.4) is 0 Å². The monoisotopic (exact) mass is 384 g/mol. The maximum Gasteiger partial charge on any atom is 0.113 e. The van der Waals surface area contributed by atoms with Crippen LogP contribution in [0.25, 0.3) is 21.8 Å². The van der Waals surface area contributed by atoms with Crippen molar-refractivity contribution in [2.45, 2.75) is 25.1 Å². The van der Waals surface area contributed by atoms with E-state index in [9.17, 15) is 0 Å². The Morgan fingerprint density at radius 1 is 1.08 bits per heavy atom. The third kappa shape index (κ3) is 3.17. The number of fused-ring (bicyclic) bond motifs is 2. The van der Waals surface area contributed by atoms with Gasteiger partial charge in [0, 0.05) is 29.3 Å². The van der Waals surface area contributed by atoms with Crippen LogP contribution in [-0.2, 0) is 4.74 Å². The number of allylic oxidation sites excluding steroid dienone is 2. The fourth-order valence-corrected chi connectivity index (χ4v) is 3.80. The molecule has 5 heteroatoms. The summed E-state index contributed by atoms with van der Waals surface area (Å²) in [5, 5.41) is 2.48. The summed E-state index contributed by atoms with van der Waals surface area (Å²) in [7, 11) is 0. The maximum atomic E-state index is 6.61. The lowest BCUT2D eigenvalue weighted by Crippen LogP contribution is -2.22. The number of rotatable bonds is 3. The molecular formula is C21H18Cl2N2O. The molecule has 0 spiro atoms. The molecule has 0 fully saturated rings. The highest BCUT2D eigenvalue weighted by Crippen LogP contribution is 2.36. The second kappa shape index (κ2) is 7.26. The molecule has 1 atom stereocenters. The standard InChI is InChI=1S/C21H18Cl2N2O/c1-2-26-20-12-15(22)19(11-16(20)23)25-21-13-7-3-5-9-17(13)24-18-10-6-4-8-14(18)21/h3-10,15H,2,11-12H2,1H3. The van der Waals surface area contributed by atoms with E-state index < -0.39 is 0 Å². The van der Waals surface area contributed by atoms with Gasteiger partial charge in [0.25, 0.3) is 0 Å². The summed E-state index contributed by atoms with van der Waals surface area (Å²) in [6.07, 6.45) is 1.07. The highest BCUT2D eigenvalue weighted by atomic mass is 35.5. The number of pyridine rings is 1. The predicted octanol–water partition coefficient (Wildman–Crippen LogP) is 6.35. The molecule has 0 amide bonds. The van der Waals surface area contributed by atoms with Crippen molar-refractivity contribution in [1.82, 2.24) is 4.98 Å². The lowest BCUT2D eigenvalue weighted by molar-refractivity contribution is 0.216. The summed E-state index contributed by atoms with van der Waals surface area (Å²) >= 11 is 13.0. The Balaban J connectivity index is 1.89. The number of aromatic nitrogens is 1. The average Bonchev–Trinajstić information content (AvgIpc) is 2.65. The van der Waals surface area contributed by atoms with Crippen molar-refractivity contribution in [3.8, 4) is 0 Å². The zero-order valence-corrected chi connectivity index (χ0v) is 15.9. The van der Waals surface area contributed by atoms with E-state index in [0.29, 0.717) is 24.5 Å². The van der Waals surface area contributed by atoms with Crippen LogP contribution in [0.2, 0.25) is 0 Å². The number of para-hydroxylation sites is 2. The molecule has 0 saturated carbocycles. The van der Waals surface area contributed by atoms with Crippen molar-refractivity contribution in [3.05, 3.63) is 59.3 Å². The Morgan fingerprint density at radius 3 is 2.31 bits per heavy atom. The lowest BCUT2D eigenvalue weighted by atomic mass is 10.0. The minimum Gasteiger partial charge on any atom is -0.497 e. The minimum atomic E-state index is -0.232. The Kier molecular flexibility index (Phi) is 4.84. The molecule has 1 aromatic heterocycles. The number of benzene rings is 2. The van der Waals surface area contributed by atoms with E-state index in [1.54, 1.807) is 0 Å². The fourth-order valence-electron chi connectivity index (χ4n) is 3.26. The molecule has 4 rings (SSSR count). The number of ether oxygens (including phenoxy) is 1. The number of hydrogen-bond acceptors (Lipinski definition) is 3. The number of alkyl halides is 1. The van der Waals surface area contributed by atoms with Gasteiger partial charge < -0.3 is 4.74 Å².